The summed E-state index contributed by atoms with van der Waals surface area (Å²) in [6.07, 6.45) is 2.50. The number of rotatable bonds is 6. The number of carbonyl (C=O) groups is 2. The number of likely N-dealkylation sites (tertiary alicyclic amines) is 1. The van der Waals surface area contributed by atoms with Gasteiger partial charge in [0.15, 0.2) is 0 Å². The third-order valence-corrected chi connectivity index (χ3v) is 4.49. The molecule has 1 aromatic rings. The van der Waals surface area contributed by atoms with Gasteiger partial charge in [0.2, 0.25) is 11.8 Å². The molecule has 2 N–H and O–H groups in total. The van der Waals surface area contributed by atoms with Crippen molar-refractivity contribution in [1.29, 1.82) is 0 Å². The third-order valence-electron chi connectivity index (χ3n) is 4.49. The van der Waals surface area contributed by atoms with Gasteiger partial charge < -0.3 is 10.6 Å². The van der Waals surface area contributed by atoms with Crippen LogP contribution in [-0.4, -0.2) is 42.4 Å². The fraction of sp³-hybridized carbons (Fsp3) is 0.556. The highest BCUT2D eigenvalue weighted by molar-refractivity contribution is 5.94. The lowest BCUT2D eigenvalue weighted by Crippen LogP contribution is -2.50. The maximum Gasteiger partial charge on any atom is 0.241 e. The first-order chi connectivity index (χ1) is 11.9. The fourth-order valence-corrected chi connectivity index (χ4v) is 2.96. The van der Waals surface area contributed by atoms with Crippen molar-refractivity contribution in [3.63, 3.8) is 0 Å². The van der Waals surface area contributed by atoms with Gasteiger partial charge in [0, 0.05) is 19.2 Å². The fourth-order valence-electron chi connectivity index (χ4n) is 2.96. The van der Waals surface area contributed by atoms with E-state index in [-0.39, 0.29) is 23.4 Å². The van der Waals surface area contributed by atoms with E-state index in [9.17, 15) is 18.4 Å². The molecule has 0 bridgehead atoms. The van der Waals surface area contributed by atoms with E-state index in [4.69, 9.17) is 0 Å². The second-order valence-corrected chi connectivity index (χ2v) is 6.41. The number of benzene rings is 1. The van der Waals surface area contributed by atoms with Crippen molar-refractivity contribution in [3.05, 3.63) is 29.8 Å². The van der Waals surface area contributed by atoms with Gasteiger partial charge in [-0.3, -0.25) is 14.5 Å². The average Bonchev–Trinajstić information content (AvgIpc) is 2.61. The second-order valence-electron chi connectivity index (χ2n) is 6.41. The summed E-state index contributed by atoms with van der Waals surface area (Å²) >= 11 is 0. The molecule has 0 aromatic heterocycles. The number of carbonyl (C=O) groups excluding carboxylic acids is 2. The number of nitrogens with one attached hydrogen (secondary N) is 2. The number of amides is 2. The Morgan fingerprint density at radius 1 is 1.36 bits per heavy atom. The van der Waals surface area contributed by atoms with Crippen molar-refractivity contribution >= 4 is 17.5 Å². The van der Waals surface area contributed by atoms with Crippen molar-refractivity contribution in [2.24, 2.45) is 5.92 Å². The Morgan fingerprint density at radius 3 is 2.80 bits per heavy atom. The molecule has 25 heavy (non-hydrogen) atoms. The molecule has 5 nitrogen and oxygen atoms in total. The molecule has 1 saturated heterocycles. The predicted molar refractivity (Wildman–Crippen MR) is 92.0 cm³/mol. The molecule has 0 unspecified atom stereocenters. The number of hydrogen-bond acceptors (Lipinski definition) is 3. The van der Waals surface area contributed by atoms with Crippen LogP contribution in [0.1, 0.15) is 33.1 Å². The van der Waals surface area contributed by atoms with Gasteiger partial charge in [0.1, 0.15) is 11.6 Å². The first kappa shape index (κ1) is 19.3. The van der Waals surface area contributed by atoms with Crippen LogP contribution in [0.15, 0.2) is 18.2 Å². The number of hydrogen-bond donors (Lipinski definition) is 2. The van der Waals surface area contributed by atoms with Gasteiger partial charge in [-0.15, -0.1) is 0 Å². The van der Waals surface area contributed by atoms with Gasteiger partial charge >= 0.3 is 0 Å². The molecule has 138 valence electrons. The van der Waals surface area contributed by atoms with E-state index < -0.39 is 17.7 Å². The summed E-state index contributed by atoms with van der Waals surface area (Å²) in [5.74, 6) is -2.00. The lowest BCUT2D eigenvalue weighted by atomic mass is 9.96. The Hall–Kier alpha value is -2.02. The number of piperidine rings is 1. The second kappa shape index (κ2) is 8.89. The van der Waals surface area contributed by atoms with E-state index in [1.807, 2.05) is 11.8 Å². The summed E-state index contributed by atoms with van der Waals surface area (Å²) in [4.78, 5) is 26.4. The molecular formula is C18H25F2N3O2. The maximum atomic E-state index is 13.7. The summed E-state index contributed by atoms with van der Waals surface area (Å²) in [5.41, 5.74) is -0.0486. The quantitative estimate of drug-likeness (QED) is 0.826. The zero-order chi connectivity index (χ0) is 18.4. The molecular weight excluding hydrogens is 328 g/mol. The van der Waals surface area contributed by atoms with Crippen LogP contribution in [0.2, 0.25) is 0 Å². The molecule has 0 saturated carbocycles. The monoisotopic (exact) mass is 353 g/mol. The lowest BCUT2D eigenvalue weighted by Gasteiger charge is -2.35. The normalized spacial score (nSPS) is 19.3. The van der Waals surface area contributed by atoms with E-state index in [0.29, 0.717) is 19.6 Å². The predicted octanol–water partition coefficient (Wildman–Crippen LogP) is 2.53. The van der Waals surface area contributed by atoms with E-state index in [0.717, 1.165) is 31.4 Å². The third kappa shape index (κ3) is 5.22. The van der Waals surface area contributed by atoms with Crippen LogP contribution < -0.4 is 10.6 Å². The standard InChI is InChI=1S/C18H25F2N3O2/c1-3-8-21-18(25)13-5-4-9-23(11-13)12(2)17(24)22-16-7-6-14(19)10-15(16)20/h6-7,10,12-13H,3-5,8-9,11H2,1-2H3,(H,21,25)(H,22,24)/t12-,13-/m1/s1. The molecule has 2 atom stereocenters. The topological polar surface area (TPSA) is 61.4 Å². The average molecular weight is 353 g/mol. The van der Waals surface area contributed by atoms with Crippen LogP contribution in [0.25, 0.3) is 0 Å². The van der Waals surface area contributed by atoms with Crippen LogP contribution in [0, 0.1) is 17.6 Å². The largest absolute Gasteiger partial charge is 0.356 e. The molecule has 1 aromatic carbocycles. The Kier molecular flexibility index (Phi) is 6.87. The first-order valence-corrected chi connectivity index (χ1v) is 8.70. The van der Waals surface area contributed by atoms with Crippen LogP contribution >= 0.6 is 0 Å². The van der Waals surface area contributed by atoms with E-state index >= 15 is 0 Å². The van der Waals surface area contributed by atoms with E-state index in [1.165, 1.54) is 6.07 Å². The van der Waals surface area contributed by atoms with Crippen molar-refractivity contribution in [1.82, 2.24) is 10.2 Å². The number of nitrogens with zero attached hydrogens (tertiary/aromatic N) is 1. The highest BCUT2D eigenvalue weighted by Crippen LogP contribution is 2.20. The van der Waals surface area contributed by atoms with Crippen LogP contribution in [0.5, 0.6) is 0 Å². The minimum atomic E-state index is -0.809. The minimum Gasteiger partial charge on any atom is -0.356 e. The molecule has 1 fully saturated rings. The van der Waals surface area contributed by atoms with Gasteiger partial charge in [-0.25, -0.2) is 8.78 Å². The molecule has 0 aliphatic carbocycles. The van der Waals surface area contributed by atoms with Crippen molar-refractivity contribution in [3.8, 4) is 0 Å². The molecule has 0 spiro atoms. The Morgan fingerprint density at radius 2 is 2.12 bits per heavy atom. The summed E-state index contributed by atoms with van der Waals surface area (Å²) < 4.78 is 26.6. The molecule has 2 rings (SSSR count). The summed E-state index contributed by atoms with van der Waals surface area (Å²) in [5, 5.41) is 5.38. The molecule has 1 aliphatic rings. The number of halogens is 2. The molecule has 7 heteroatoms. The molecule has 1 heterocycles. The lowest BCUT2D eigenvalue weighted by molar-refractivity contribution is -0.129. The summed E-state index contributed by atoms with van der Waals surface area (Å²) in [6, 6.07) is 2.52. The van der Waals surface area contributed by atoms with Crippen LogP contribution in [-0.2, 0) is 9.59 Å². The van der Waals surface area contributed by atoms with Crippen LogP contribution in [0.4, 0.5) is 14.5 Å². The Bertz CT molecular complexity index is 624. The SMILES string of the molecule is CCCNC(=O)[C@@H]1CCCN([C@H](C)C(=O)Nc2ccc(F)cc2F)C1. The van der Waals surface area contributed by atoms with E-state index in [2.05, 4.69) is 10.6 Å². The Balaban J connectivity index is 1.95. The van der Waals surface area contributed by atoms with Crippen LogP contribution in [0.3, 0.4) is 0 Å². The highest BCUT2D eigenvalue weighted by Gasteiger charge is 2.30. The molecule has 2 amide bonds. The first-order valence-electron chi connectivity index (χ1n) is 8.70. The molecule has 1 aliphatic heterocycles. The zero-order valence-electron chi connectivity index (χ0n) is 14.6. The zero-order valence-corrected chi connectivity index (χ0v) is 14.6. The van der Waals surface area contributed by atoms with Gasteiger partial charge in [-0.1, -0.05) is 6.92 Å². The van der Waals surface area contributed by atoms with E-state index in [1.54, 1.807) is 6.92 Å². The Labute approximate surface area is 146 Å². The molecule has 0 radical (unpaired) electrons. The van der Waals surface area contributed by atoms with Gasteiger partial charge in [-0.05, 0) is 44.9 Å². The maximum absolute atomic E-state index is 13.7. The summed E-state index contributed by atoms with van der Waals surface area (Å²) in [7, 11) is 0. The van der Waals surface area contributed by atoms with Crippen molar-refractivity contribution < 1.29 is 18.4 Å². The van der Waals surface area contributed by atoms with Gasteiger partial charge in [0.05, 0.1) is 17.6 Å². The van der Waals surface area contributed by atoms with Gasteiger partial charge in [-0.2, -0.15) is 0 Å². The minimum absolute atomic E-state index is 0.0173. The van der Waals surface area contributed by atoms with Crippen molar-refractivity contribution in [2.45, 2.75) is 39.2 Å². The van der Waals surface area contributed by atoms with Crippen molar-refractivity contribution in [2.75, 3.05) is 25.0 Å². The number of anilines is 1. The highest BCUT2D eigenvalue weighted by atomic mass is 19.1. The smallest absolute Gasteiger partial charge is 0.241 e. The summed E-state index contributed by atoms with van der Waals surface area (Å²) in [6.45, 7) is 5.57. The van der Waals surface area contributed by atoms with Gasteiger partial charge in [0.25, 0.3) is 0 Å².